The van der Waals surface area contributed by atoms with Crippen molar-refractivity contribution in [3.63, 3.8) is 0 Å². The fourth-order valence-electron chi connectivity index (χ4n) is 1.86. The second-order valence-electron chi connectivity index (χ2n) is 4.14. The third kappa shape index (κ3) is 2.72. The number of carbonyl (C=O) groups is 1. The molecule has 0 bridgehead atoms. The average molecular weight is 338 g/mol. The topological polar surface area (TPSA) is 77.2 Å². The van der Waals surface area contributed by atoms with Crippen molar-refractivity contribution >= 4 is 33.3 Å². The smallest absolute Gasteiger partial charge is 0.323 e. The lowest BCUT2D eigenvalue weighted by molar-refractivity contribution is -0.391. The minimum atomic E-state index is -0.525. The number of para-hydroxylation sites is 1. The lowest BCUT2D eigenvalue weighted by atomic mass is 10.2. The number of nitrogens with one attached hydrogen (secondary N) is 1. The molecule has 0 spiro atoms. The first-order chi connectivity index (χ1) is 9.54. The van der Waals surface area contributed by atoms with Crippen LogP contribution in [0.4, 0.5) is 11.5 Å². The van der Waals surface area contributed by atoms with Gasteiger partial charge in [-0.2, -0.15) is 0 Å². The van der Waals surface area contributed by atoms with Gasteiger partial charge in [-0.05, 0) is 22.6 Å². The number of nitro groups is 1. The first-order valence-corrected chi connectivity index (χ1v) is 6.92. The average Bonchev–Trinajstić information content (AvgIpc) is 2.81. The second-order valence-corrected chi connectivity index (χ2v) is 4.70. The van der Waals surface area contributed by atoms with Crippen molar-refractivity contribution in [2.45, 2.75) is 5.33 Å². The number of hydrogen-bond donors (Lipinski definition) is 1. The Morgan fingerprint density at radius 2 is 2.05 bits per heavy atom. The molecule has 0 fully saturated rings. The number of carbonyl (C=O) groups excluding carboxylic acids is 1. The molecule has 1 N–H and O–H groups in total. The van der Waals surface area contributed by atoms with Gasteiger partial charge in [0.2, 0.25) is 0 Å². The Kier molecular flexibility index (Phi) is 4.19. The predicted molar refractivity (Wildman–Crippen MR) is 79.1 cm³/mol. The molecule has 0 saturated carbocycles. The molecule has 1 aromatic carbocycles. The van der Waals surface area contributed by atoms with Gasteiger partial charge in [-0.1, -0.05) is 34.1 Å². The standard InChI is InChI=1S/C13H12BrN3O3/c1-16-11(6-7-12(16)17(19)20)13(18)15-10-5-3-2-4-9(10)8-14/h2-7H,8H2,1H3,(H,15,18). The van der Waals surface area contributed by atoms with E-state index < -0.39 is 4.92 Å². The predicted octanol–water partition coefficient (Wildman–Crippen LogP) is 3.08. The third-order valence-corrected chi connectivity index (χ3v) is 3.53. The quantitative estimate of drug-likeness (QED) is 0.529. The van der Waals surface area contributed by atoms with Gasteiger partial charge >= 0.3 is 5.82 Å². The van der Waals surface area contributed by atoms with Gasteiger partial charge in [0.1, 0.15) is 0 Å². The molecule has 2 rings (SSSR count). The fourth-order valence-corrected chi connectivity index (χ4v) is 2.35. The lowest BCUT2D eigenvalue weighted by Crippen LogP contribution is -2.17. The minimum absolute atomic E-state index is 0.121. The third-order valence-electron chi connectivity index (χ3n) is 2.92. The van der Waals surface area contributed by atoms with Crippen LogP contribution >= 0.6 is 15.9 Å². The molecule has 1 heterocycles. The highest BCUT2D eigenvalue weighted by Crippen LogP contribution is 2.20. The van der Waals surface area contributed by atoms with Gasteiger partial charge in [0.15, 0.2) is 5.69 Å². The zero-order valence-corrected chi connectivity index (χ0v) is 12.3. The highest BCUT2D eigenvalue weighted by atomic mass is 79.9. The summed E-state index contributed by atoms with van der Waals surface area (Å²) >= 11 is 3.35. The summed E-state index contributed by atoms with van der Waals surface area (Å²) in [5.41, 5.74) is 1.85. The molecule has 104 valence electrons. The van der Waals surface area contributed by atoms with Crippen molar-refractivity contribution in [1.82, 2.24) is 4.57 Å². The van der Waals surface area contributed by atoms with E-state index in [2.05, 4.69) is 21.2 Å². The highest BCUT2D eigenvalue weighted by Gasteiger charge is 2.21. The summed E-state index contributed by atoms with van der Waals surface area (Å²) in [5.74, 6) is -0.502. The van der Waals surface area contributed by atoms with Gasteiger partial charge in [0.25, 0.3) is 5.91 Å². The van der Waals surface area contributed by atoms with Gasteiger partial charge < -0.3 is 15.4 Å². The molecule has 0 radical (unpaired) electrons. The number of benzene rings is 1. The van der Waals surface area contributed by atoms with E-state index in [-0.39, 0.29) is 17.4 Å². The van der Waals surface area contributed by atoms with Crippen LogP contribution in [0.3, 0.4) is 0 Å². The van der Waals surface area contributed by atoms with Crippen molar-refractivity contribution in [3.05, 3.63) is 57.8 Å². The van der Waals surface area contributed by atoms with Crippen LogP contribution in [0.1, 0.15) is 16.1 Å². The molecule has 1 aromatic heterocycles. The van der Waals surface area contributed by atoms with Crippen LogP contribution < -0.4 is 5.32 Å². The molecule has 0 atom stereocenters. The number of alkyl halides is 1. The number of rotatable bonds is 4. The number of halogens is 1. The fraction of sp³-hybridized carbons (Fsp3) is 0.154. The summed E-state index contributed by atoms with van der Waals surface area (Å²) in [7, 11) is 1.49. The Hall–Kier alpha value is -2.15. The van der Waals surface area contributed by atoms with Crippen molar-refractivity contribution in [2.24, 2.45) is 7.05 Å². The van der Waals surface area contributed by atoms with Crippen molar-refractivity contribution in [3.8, 4) is 0 Å². The van der Waals surface area contributed by atoms with E-state index in [9.17, 15) is 14.9 Å². The largest absolute Gasteiger partial charge is 0.358 e. The molecule has 0 unspecified atom stereocenters. The normalized spacial score (nSPS) is 10.3. The molecular formula is C13H12BrN3O3. The number of anilines is 1. The minimum Gasteiger partial charge on any atom is -0.358 e. The maximum atomic E-state index is 12.2. The highest BCUT2D eigenvalue weighted by molar-refractivity contribution is 9.08. The first kappa shape index (κ1) is 14.3. The van der Waals surface area contributed by atoms with Crippen LogP contribution in [0, 0.1) is 10.1 Å². The summed E-state index contributed by atoms with van der Waals surface area (Å²) in [6, 6.07) is 10.1. The molecule has 0 saturated heterocycles. The van der Waals surface area contributed by atoms with E-state index in [1.165, 1.54) is 23.7 Å². The Morgan fingerprint density at radius 3 is 2.65 bits per heavy atom. The summed E-state index contributed by atoms with van der Waals surface area (Å²) < 4.78 is 1.26. The number of amides is 1. The molecule has 2 aromatic rings. The molecule has 0 aliphatic carbocycles. The molecule has 6 nitrogen and oxygen atoms in total. The Labute approximate surface area is 123 Å². The van der Waals surface area contributed by atoms with Crippen LogP contribution in [0.5, 0.6) is 0 Å². The summed E-state index contributed by atoms with van der Waals surface area (Å²) in [6.07, 6.45) is 0. The van der Waals surface area contributed by atoms with Crippen LogP contribution in [0.15, 0.2) is 36.4 Å². The summed E-state index contributed by atoms with van der Waals surface area (Å²) in [5, 5.41) is 14.1. The monoisotopic (exact) mass is 337 g/mol. The van der Waals surface area contributed by atoms with Crippen molar-refractivity contribution in [1.29, 1.82) is 0 Å². The van der Waals surface area contributed by atoms with E-state index in [1.54, 1.807) is 6.07 Å². The van der Waals surface area contributed by atoms with E-state index in [0.717, 1.165) is 5.56 Å². The Morgan fingerprint density at radius 1 is 1.35 bits per heavy atom. The zero-order chi connectivity index (χ0) is 14.7. The van der Waals surface area contributed by atoms with Crippen LogP contribution in [-0.4, -0.2) is 15.4 Å². The Balaban J connectivity index is 2.27. The van der Waals surface area contributed by atoms with Crippen LogP contribution in [0.2, 0.25) is 0 Å². The molecule has 20 heavy (non-hydrogen) atoms. The van der Waals surface area contributed by atoms with Gasteiger partial charge in [0, 0.05) is 17.1 Å². The first-order valence-electron chi connectivity index (χ1n) is 5.80. The Bertz CT molecular complexity index is 667. The van der Waals surface area contributed by atoms with E-state index in [4.69, 9.17) is 0 Å². The van der Waals surface area contributed by atoms with Gasteiger partial charge in [-0.3, -0.25) is 4.79 Å². The van der Waals surface area contributed by atoms with Gasteiger partial charge in [0.05, 0.1) is 7.05 Å². The zero-order valence-electron chi connectivity index (χ0n) is 10.7. The maximum absolute atomic E-state index is 12.2. The maximum Gasteiger partial charge on any atom is 0.323 e. The SMILES string of the molecule is Cn1c(C(=O)Nc2ccccc2CBr)ccc1[N+](=O)[O-]. The van der Waals surface area contributed by atoms with Crippen LogP contribution in [0.25, 0.3) is 0 Å². The second kappa shape index (κ2) is 5.87. The molecule has 0 aliphatic rings. The summed E-state index contributed by atoms with van der Waals surface area (Å²) in [6.45, 7) is 0. The van der Waals surface area contributed by atoms with E-state index >= 15 is 0 Å². The number of nitrogens with zero attached hydrogens (tertiary/aromatic N) is 2. The molecule has 7 heteroatoms. The number of hydrogen-bond acceptors (Lipinski definition) is 3. The van der Waals surface area contributed by atoms with Crippen molar-refractivity contribution < 1.29 is 9.72 Å². The molecular weight excluding hydrogens is 326 g/mol. The van der Waals surface area contributed by atoms with E-state index in [1.807, 2.05) is 18.2 Å². The lowest BCUT2D eigenvalue weighted by Gasteiger charge is -2.08. The van der Waals surface area contributed by atoms with Gasteiger partial charge in [-0.25, -0.2) is 4.57 Å². The van der Waals surface area contributed by atoms with Gasteiger partial charge in [-0.15, -0.1) is 0 Å². The molecule has 1 amide bonds. The number of aromatic nitrogens is 1. The van der Waals surface area contributed by atoms with Crippen LogP contribution in [-0.2, 0) is 12.4 Å². The van der Waals surface area contributed by atoms with Crippen molar-refractivity contribution in [2.75, 3.05) is 5.32 Å². The van der Waals surface area contributed by atoms with E-state index in [0.29, 0.717) is 11.0 Å². The molecule has 0 aliphatic heterocycles. The summed E-state index contributed by atoms with van der Waals surface area (Å²) in [4.78, 5) is 22.4.